The van der Waals surface area contributed by atoms with Crippen molar-refractivity contribution in [2.45, 2.75) is 6.42 Å². The molecule has 0 aliphatic rings. The number of hydrogen-bond donors (Lipinski definition) is 0. The van der Waals surface area contributed by atoms with E-state index in [4.69, 9.17) is 16.3 Å². The number of fused-ring (bicyclic) bond motifs is 1. The van der Waals surface area contributed by atoms with Crippen molar-refractivity contribution in [3.05, 3.63) is 58.1 Å². The van der Waals surface area contributed by atoms with Crippen LogP contribution in [0.1, 0.15) is 15.4 Å². The molecule has 2 aromatic carbocycles. The van der Waals surface area contributed by atoms with Gasteiger partial charge in [0.1, 0.15) is 10.8 Å². The lowest BCUT2D eigenvalue weighted by atomic mass is 10.1. The number of ether oxygens (including phenoxy) is 1. The molecule has 1 heterocycles. The summed E-state index contributed by atoms with van der Waals surface area (Å²) in [5.74, 6) is 0.485. The fourth-order valence-corrected chi connectivity index (χ4v) is 3.26. The summed E-state index contributed by atoms with van der Waals surface area (Å²) in [5.41, 5.74) is 1.41. The van der Waals surface area contributed by atoms with Gasteiger partial charge < -0.3 is 4.74 Å². The zero-order chi connectivity index (χ0) is 14.8. The molecule has 0 radical (unpaired) electrons. The minimum Gasteiger partial charge on any atom is -0.496 e. The molecule has 3 aromatic rings. The maximum Gasteiger partial charge on any atom is 0.173 e. The van der Waals surface area contributed by atoms with E-state index in [1.807, 2.05) is 24.3 Å². The van der Waals surface area contributed by atoms with Gasteiger partial charge in [0.05, 0.1) is 29.3 Å². The Kier molecular flexibility index (Phi) is 3.90. The molecule has 1 aromatic heterocycles. The van der Waals surface area contributed by atoms with Crippen LogP contribution in [0.4, 0.5) is 0 Å². The third-order valence-corrected chi connectivity index (χ3v) is 4.38. The van der Waals surface area contributed by atoms with Gasteiger partial charge in [-0.05, 0) is 30.3 Å². The third-order valence-electron chi connectivity index (χ3n) is 3.11. The van der Waals surface area contributed by atoms with Crippen molar-refractivity contribution in [3.8, 4) is 5.75 Å². The molecular formula is C16H12ClNO2S. The summed E-state index contributed by atoms with van der Waals surface area (Å²) < 4.78 is 6.30. The summed E-state index contributed by atoms with van der Waals surface area (Å²) in [6.07, 6.45) is 0.246. The number of Topliss-reactive ketones (excluding diaryl/α,β-unsaturated/α-hetero) is 1. The normalized spacial score (nSPS) is 10.8. The van der Waals surface area contributed by atoms with E-state index in [-0.39, 0.29) is 12.2 Å². The lowest BCUT2D eigenvalue weighted by Gasteiger charge is -2.07. The summed E-state index contributed by atoms with van der Waals surface area (Å²) >= 11 is 7.50. The minimum atomic E-state index is -0.0478. The number of carbonyl (C=O) groups is 1. The highest BCUT2D eigenvalue weighted by Gasteiger charge is 2.15. The number of hydrogen-bond acceptors (Lipinski definition) is 4. The Bertz CT molecular complexity index is 780. The summed E-state index contributed by atoms with van der Waals surface area (Å²) in [6.45, 7) is 0. The van der Waals surface area contributed by atoms with Gasteiger partial charge in [-0.1, -0.05) is 23.7 Å². The van der Waals surface area contributed by atoms with E-state index in [1.54, 1.807) is 18.2 Å². The van der Waals surface area contributed by atoms with E-state index in [1.165, 1.54) is 18.4 Å². The standard InChI is InChI=1S/C16H12ClNO2S/c1-20-14-7-6-10(17)8-11(14)13(19)9-16-18-12-4-2-3-5-15(12)21-16/h2-8H,9H2,1H3. The molecule has 0 saturated heterocycles. The smallest absolute Gasteiger partial charge is 0.173 e. The van der Waals surface area contributed by atoms with Crippen LogP contribution in [0.3, 0.4) is 0 Å². The first kappa shape index (κ1) is 14.0. The molecule has 0 atom stereocenters. The topological polar surface area (TPSA) is 39.2 Å². The highest BCUT2D eigenvalue weighted by molar-refractivity contribution is 7.18. The van der Waals surface area contributed by atoms with Crippen molar-refractivity contribution < 1.29 is 9.53 Å². The Morgan fingerprint density at radius 1 is 1.29 bits per heavy atom. The largest absolute Gasteiger partial charge is 0.496 e. The number of ketones is 1. The highest BCUT2D eigenvalue weighted by atomic mass is 35.5. The molecule has 0 aliphatic heterocycles. The van der Waals surface area contributed by atoms with Crippen molar-refractivity contribution in [1.82, 2.24) is 4.98 Å². The second kappa shape index (κ2) is 5.84. The maximum atomic E-state index is 12.5. The first-order valence-corrected chi connectivity index (χ1v) is 7.58. The van der Waals surface area contributed by atoms with Crippen molar-refractivity contribution in [2.75, 3.05) is 7.11 Å². The maximum absolute atomic E-state index is 12.5. The Labute approximate surface area is 131 Å². The number of halogens is 1. The van der Waals surface area contributed by atoms with Gasteiger partial charge in [-0.15, -0.1) is 11.3 Å². The van der Waals surface area contributed by atoms with Crippen molar-refractivity contribution in [1.29, 1.82) is 0 Å². The van der Waals surface area contributed by atoms with Crippen molar-refractivity contribution in [2.24, 2.45) is 0 Å². The van der Waals surface area contributed by atoms with Crippen LogP contribution in [-0.2, 0) is 6.42 Å². The van der Waals surface area contributed by atoms with Crippen molar-refractivity contribution >= 4 is 38.9 Å². The van der Waals surface area contributed by atoms with Crippen LogP contribution in [0, 0.1) is 0 Å². The number of methoxy groups -OCH3 is 1. The number of para-hydroxylation sites is 1. The van der Waals surface area contributed by atoms with Crippen molar-refractivity contribution in [3.63, 3.8) is 0 Å². The number of carbonyl (C=O) groups excluding carboxylic acids is 1. The Hall–Kier alpha value is -1.91. The van der Waals surface area contributed by atoms with Gasteiger partial charge >= 0.3 is 0 Å². The molecule has 0 bridgehead atoms. The van der Waals surface area contributed by atoms with Gasteiger partial charge in [0, 0.05) is 5.02 Å². The second-order valence-electron chi connectivity index (χ2n) is 4.52. The molecule has 0 N–H and O–H groups in total. The fraction of sp³-hybridized carbons (Fsp3) is 0.125. The zero-order valence-electron chi connectivity index (χ0n) is 11.3. The van der Waals surface area contributed by atoms with E-state index in [0.717, 1.165) is 15.2 Å². The Morgan fingerprint density at radius 3 is 2.86 bits per heavy atom. The lowest BCUT2D eigenvalue weighted by Crippen LogP contribution is -2.05. The summed E-state index contributed by atoms with van der Waals surface area (Å²) in [4.78, 5) is 16.9. The van der Waals surface area contributed by atoms with Crippen LogP contribution in [0.15, 0.2) is 42.5 Å². The third kappa shape index (κ3) is 2.91. The molecule has 21 heavy (non-hydrogen) atoms. The van der Waals surface area contributed by atoms with Crippen LogP contribution in [-0.4, -0.2) is 17.9 Å². The Balaban J connectivity index is 1.90. The quantitative estimate of drug-likeness (QED) is 0.670. The van der Waals surface area contributed by atoms with Crippen LogP contribution in [0.2, 0.25) is 5.02 Å². The van der Waals surface area contributed by atoms with E-state index < -0.39 is 0 Å². The van der Waals surface area contributed by atoms with Crippen LogP contribution >= 0.6 is 22.9 Å². The van der Waals surface area contributed by atoms with E-state index in [0.29, 0.717) is 16.3 Å². The monoisotopic (exact) mass is 317 g/mol. The number of aromatic nitrogens is 1. The fourth-order valence-electron chi connectivity index (χ4n) is 2.13. The van der Waals surface area contributed by atoms with Gasteiger partial charge in [-0.3, -0.25) is 4.79 Å². The molecule has 0 saturated carbocycles. The average Bonchev–Trinajstić information content (AvgIpc) is 2.89. The predicted octanol–water partition coefficient (Wildman–Crippen LogP) is 4.38. The molecule has 5 heteroatoms. The average molecular weight is 318 g/mol. The Morgan fingerprint density at radius 2 is 2.10 bits per heavy atom. The van der Waals surface area contributed by atoms with E-state index in [2.05, 4.69) is 4.98 Å². The second-order valence-corrected chi connectivity index (χ2v) is 6.07. The first-order valence-electron chi connectivity index (χ1n) is 6.38. The molecule has 3 rings (SSSR count). The SMILES string of the molecule is COc1ccc(Cl)cc1C(=O)Cc1nc2ccccc2s1. The van der Waals surface area contributed by atoms with Crippen LogP contribution in [0.5, 0.6) is 5.75 Å². The summed E-state index contributed by atoms with van der Waals surface area (Å²) in [5, 5.41) is 1.31. The van der Waals surface area contributed by atoms with Gasteiger partial charge in [0.2, 0.25) is 0 Å². The number of nitrogens with zero attached hydrogens (tertiary/aromatic N) is 1. The number of thiazole rings is 1. The molecule has 106 valence electrons. The van der Waals surface area contributed by atoms with Gasteiger partial charge in [0.15, 0.2) is 5.78 Å². The van der Waals surface area contributed by atoms with E-state index in [9.17, 15) is 4.79 Å². The predicted molar refractivity (Wildman–Crippen MR) is 85.7 cm³/mol. The molecule has 0 spiro atoms. The summed E-state index contributed by atoms with van der Waals surface area (Å²) in [7, 11) is 1.54. The lowest BCUT2D eigenvalue weighted by molar-refractivity contribution is 0.0990. The molecule has 0 aliphatic carbocycles. The minimum absolute atomic E-state index is 0.0478. The first-order chi connectivity index (χ1) is 10.2. The zero-order valence-corrected chi connectivity index (χ0v) is 12.9. The number of benzene rings is 2. The van der Waals surface area contributed by atoms with Gasteiger partial charge in [-0.2, -0.15) is 0 Å². The van der Waals surface area contributed by atoms with Gasteiger partial charge in [0.25, 0.3) is 0 Å². The molecule has 0 amide bonds. The molecule has 3 nitrogen and oxygen atoms in total. The number of rotatable bonds is 4. The van der Waals surface area contributed by atoms with Gasteiger partial charge in [-0.25, -0.2) is 4.98 Å². The molecule has 0 fully saturated rings. The van der Waals surface area contributed by atoms with Crippen LogP contribution in [0.25, 0.3) is 10.2 Å². The molecular weight excluding hydrogens is 306 g/mol. The van der Waals surface area contributed by atoms with Crippen LogP contribution < -0.4 is 4.74 Å². The highest BCUT2D eigenvalue weighted by Crippen LogP contribution is 2.26. The summed E-state index contributed by atoms with van der Waals surface area (Å²) in [6, 6.07) is 12.9. The molecule has 0 unspecified atom stereocenters. The van der Waals surface area contributed by atoms with E-state index >= 15 is 0 Å².